The van der Waals surface area contributed by atoms with Crippen molar-refractivity contribution in [3.63, 3.8) is 0 Å². The quantitative estimate of drug-likeness (QED) is 0.853. The van der Waals surface area contributed by atoms with E-state index in [1.807, 2.05) is 11.8 Å². The van der Waals surface area contributed by atoms with Crippen LogP contribution < -0.4 is 10.5 Å². The lowest BCUT2D eigenvalue weighted by molar-refractivity contribution is 0.411. The first-order chi connectivity index (χ1) is 8.45. The molecule has 0 amide bonds. The van der Waals surface area contributed by atoms with E-state index < -0.39 is 0 Å². The first-order valence-electron chi connectivity index (χ1n) is 6.44. The van der Waals surface area contributed by atoms with Gasteiger partial charge in [0, 0.05) is 11.8 Å². The van der Waals surface area contributed by atoms with Crippen molar-refractivity contribution in [1.29, 1.82) is 0 Å². The van der Waals surface area contributed by atoms with Crippen LogP contribution in [-0.4, -0.2) is 18.6 Å². The van der Waals surface area contributed by atoms with Crippen LogP contribution in [0.2, 0.25) is 0 Å². The number of hydrogen-bond acceptors (Lipinski definition) is 3. The molecule has 0 saturated heterocycles. The lowest BCUT2D eigenvalue weighted by atomic mass is 10.00. The lowest BCUT2D eigenvalue weighted by Crippen LogP contribution is -2.15. The maximum atomic E-state index is 6.28. The van der Waals surface area contributed by atoms with Crippen LogP contribution in [0.25, 0.3) is 0 Å². The second kappa shape index (κ2) is 7.05. The third-order valence-electron chi connectivity index (χ3n) is 2.93. The molecule has 102 valence electrons. The molecule has 0 radical (unpaired) electrons. The minimum atomic E-state index is 0.110. The van der Waals surface area contributed by atoms with Gasteiger partial charge in [-0.05, 0) is 48.3 Å². The van der Waals surface area contributed by atoms with Crippen molar-refractivity contribution in [2.24, 2.45) is 11.7 Å². The Morgan fingerprint density at radius 3 is 2.39 bits per heavy atom. The number of nitrogens with two attached hydrogens (primary N) is 1. The van der Waals surface area contributed by atoms with Gasteiger partial charge in [-0.2, -0.15) is 11.8 Å². The summed E-state index contributed by atoms with van der Waals surface area (Å²) >= 11 is 1.93. The van der Waals surface area contributed by atoms with E-state index in [0.717, 1.165) is 23.0 Å². The minimum absolute atomic E-state index is 0.110. The zero-order valence-corrected chi connectivity index (χ0v) is 12.9. The Labute approximate surface area is 115 Å². The summed E-state index contributed by atoms with van der Waals surface area (Å²) in [6.07, 6.45) is 0. The first kappa shape index (κ1) is 15.4. The summed E-state index contributed by atoms with van der Waals surface area (Å²) in [4.78, 5) is 0. The Balaban J connectivity index is 2.73. The highest BCUT2D eigenvalue weighted by Gasteiger charge is 2.12. The Hall–Kier alpha value is -0.670. The van der Waals surface area contributed by atoms with E-state index in [-0.39, 0.29) is 6.04 Å². The van der Waals surface area contributed by atoms with Gasteiger partial charge in [-0.1, -0.05) is 19.9 Å². The van der Waals surface area contributed by atoms with Crippen LogP contribution in [0.5, 0.6) is 5.75 Å². The Bertz CT molecular complexity index is 390. The smallest absolute Gasteiger partial charge is 0.122 e. The van der Waals surface area contributed by atoms with Crippen LogP contribution in [0, 0.1) is 19.8 Å². The van der Waals surface area contributed by atoms with Gasteiger partial charge >= 0.3 is 0 Å². The van der Waals surface area contributed by atoms with E-state index in [1.54, 1.807) is 7.11 Å². The molecule has 18 heavy (non-hydrogen) atoms. The second-order valence-electron chi connectivity index (χ2n) is 5.22. The van der Waals surface area contributed by atoms with Crippen LogP contribution in [-0.2, 0) is 0 Å². The number of thioether (sulfide) groups is 1. The second-order valence-corrected chi connectivity index (χ2v) is 6.29. The molecular weight excluding hydrogens is 242 g/mol. The largest absolute Gasteiger partial charge is 0.496 e. The van der Waals surface area contributed by atoms with Gasteiger partial charge in [0.15, 0.2) is 0 Å². The van der Waals surface area contributed by atoms with E-state index in [4.69, 9.17) is 10.5 Å². The van der Waals surface area contributed by atoms with Gasteiger partial charge < -0.3 is 10.5 Å². The monoisotopic (exact) mass is 267 g/mol. The summed E-state index contributed by atoms with van der Waals surface area (Å²) in [6.45, 7) is 8.64. The predicted octanol–water partition coefficient (Wildman–Crippen LogP) is 3.70. The van der Waals surface area contributed by atoms with E-state index in [0.29, 0.717) is 0 Å². The fraction of sp³-hybridized carbons (Fsp3) is 0.600. The normalized spacial score (nSPS) is 12.8. The van der Waals surface area contributed by atoms with Crippen molar-refractivity contribution in [2.45, 2.75) is 33.7 Å². The number of ether oxygens (including phenoxy) is 1. The highest BCUT2D eigenvalue weighted by Crippen LogP contribution is 2.27. The number of rotatable bonds is 6. The van der Waals surface area contributed by atoms with Crippen molar-refractivity contribution in [1.82, 2.24) is 0 Å². The van der Waals surface area contributed by atoms with Crippen LogP contribution in [0.4, 0.5) is 0 Å². The van der Waals surface area contributed by atoms with E-state index in [2.05, 4.69) is 39.8 Å². The molecule has 0 fully saturated rings. The van der Waals surface area contributed by atoms with Crippen LogP contribution >= 0.6 is 11.8 Å². The molecule has 0 aliphatic carbocycles. The third kappa shape index (κ3) is 4.21. The van der Waals surface area contributed by atoms with Crippen LogP contribution in [0.3, 0.4) is 0 Å². The molecule has 1 unspecified atom stereocenters. The molecule has 1 aromatic carbocycles. The summed E-state index contributed by atoms with van der Waals surface area (Å²) < 4.78 is 5.33. The summed E-state index contributed by atoms with van der Waals surface area (Å²) in [7, 11) is 1.71. The van der Waals surface area contributed by atoms with Gasteiger partial charge in [-0.3, -0.25) is 0 Å². The zero-order chi connectivity index (χ0) is 13.7. The summed E-state index contributed by atoms with van der Waals surface area (Å²) in [6, 6.07) is 4.35. The van der Waals surface area contributed by atoms with E-state index >= 15 is 0 Å². The highest BCUT2D eigenvalue weighted by molar-refractivity contribution is 7.99. The molecule has 2 N–H and O–H groups in total. The van der Waals surface area contributed by atoms with Crippen LogP contribution in [0.15, 0.2) is 12.1 Å². The average molecular weight is 267 g/mol. The number of aryl methyl sites for hydroxylation is 2. The van der Waals surface area contributed by atoms with Gasteiger partial charge in [0.05, 0.1) is 7.11 Å². The number of methoxy groups -OCH3 is 1. The molecule has 1 atom stereocenters. The molecule has 0 aliphatic rings. The maximum Gasteiger partial charge on any atom is 0.122 e. The molecule has 0 saturated carbocycles. The van der Waals surface area contributed by atoms with Gasteiger partial charge in [0.2, 0.25) is 0 Å². The molecule has 2 nitrogen and oxygen atoms in total. The fourth-order valence-corrected chi connectivity index (χ4v) is 2.99. The van der Waals surface area contributed by atoms with Gasteiger partial charge in [0.1, 0.15) is 5.75 Å². The van der Waals surface area contributed by atoms with E-state index in [9.17, 15) is 0 Å². The minimum Gasteiger partial charge on any atom is -0.496 e. The van der Waals surface area contributed by atoms with Crippen molar-refractivity contribution in [3.05, 3.63) is 28.8 Å². The van der Waals surface area contributed by atoms with Crippen molar-refractivity contribution in [2.75, 3.05) is 18.6 Å². The van der Waals surface area contributed by atoms with Gasteiger partial charge in [-0.25, -0.2) is 0 Å². The molecule has 0 aromatic heterocycles. The van der Waals surface area contributed by atoms with Gasteiger partial charge in [0.25, 0.3) is 0 Å². The Kier molecular flexibility index (Phi) is 6.03. The standard InChI is InChI=1S/C15H25NOS/c1-10(2)8-18-9-14(16)13-6-12(4)15(17-5)7-11(13)3/h6-7,10,14H,8-9,16H2,1-5H3. The molecule has 0 bridgehead atoms. The predicted molar refractivity (Wildman–Crippen MR) is 81.6 cm³/mol. The molecule has 0 spiro atoms. The first-order valence-corrected chi connectivity index (χ1v) is 7.59. The fourth-order valence-electron chi connectivity index (χ4n) is 1.95. The Morgan fingerprint density at radius 2 is 1.83 bits per heavy atom. The average Bonchev–Trinajstić information content (AvgIpc) is 2.30. The number of hydrogen-bond donors (Lipinski definition) is 1. The highest BCUT2D eigenvalue weighted by atomic mass is 32.2. The van der Waals surface area contributed by atoms with E-state index in [1.165, 1.54) is 16.9 Å². The topological polar surface area (TPSA) is 35.2 Å². The molecule has 3 heteroatoms. The molecule has 0 aliphatic heterocycles. The number of benzene rings is 1. The molecule has 1 rings (SSSR count). The SMILES string of the molecule is COc1cc(C)c(C(N)CSCC(C)C)cc1C. The van der Waals surface area contributed by atoms with Crippen molar-refractivity contribution >= 4 is 11.8 Å². The maximum absolute atomic E-state index is 6.28. The van der Waals surface area contributed by atoms with Crippen molar-refractivity contribution < 1.29 is 4.74 Å². The van der Waals surface area contributed by atoms with Crippen molar-refractivity contribution in [3.8, 4) is 5.75 Å². The summed E-state index contributed by atoms with van der Waals surface area (Å²) in [5, 5.41) is 0. The molecule has 0 heterocycles. The molecule has 1 aromatic rings. The lowest BCUT2D eigenvalue weighted by Gasteiger charge is -2.17. The summed E-state index contributed by atoms with van der Waals surface area (Å²) in [5.74, 6) is 3.81. The Morgan fingerprint density at radius 1 is 1.17 bits per heavy atom. The van der Waals surface area contributed by atoms with Gasteiger partial charge in [-0.15, -0.1) is 0 Å². The molecular formula is C15H25NOS. The van der Waals surface area contributed by atoms with Crippen LogP contribution in [0.1, 0.15) is 36.6 Å². The third-order valence-corrected chi connectivity index (χ3v) is 4.43. The zero-order valence-electron chi connectivity index (χ0n) is 12.1. The summed E-state index contributed by atoms with van der Waals surface area (Å²) in [5.41, 5.74) is 9.89.